The third kappa shape index (κ3) is 3.23. The molecule has 0 fully saturated rings. The Morgan fingerprint density at radius 2 is 2.09 bits per heavy atom. The highest BCUT2D eigenvalue weighted by Crippen LogP contribution is 2.17. The first-order chi connectivity index (χ1) is 10.8. The highest BCUT2D eigenvalue weighted by Gasteiger charge is 2.13. The summed E-state index contributed by atoms with van der Waals surface area (Å²) in [5.41, 5.74) is 2.12. The molecular weight excluding hydrogens is 300 g/mol. The average molecular weight is 314 g/mol. The van der Waals surface area contributed by atoms with Crippen molar-refractivity contribution in [3.05, 3.63) is 58.1 Å². The summed E-state index contributed by atoms with van der Waals surface area (Å²) < 4.78 is 10.2. The van der Waals surface area contributed by atoms with E-state index in [1.165, 1.54) is 16.9 Å². The molecule has 0 N–H and O–H groups in total. The average Bonchev–Trinajstić information content (AvgIpc) is 3.24. The number of aryl methyl sites for hydroxylation is 1. The number of thiophene rings is 1. The van der Waals surface area contributed by atoms with Crippen LogP contribution >= 0.6 is 11.3 Å². The van der Waals surface area contributed by atoms with Crippen molar-refractivity contribution in [1.82, 2.24) is 10.1 Å². The van der Waals surface area contributed by atoms with Crippen LogP contribution in [0.4, 0.5) is 0 Å². The molecule has 0 atom stereocenters. The second-order valence-electron chi connectivity index (χ2n) is 4.62. The lowest BCUT2D eigenvalue weighted by Crippen LogP contribution is -2.03. The monoisotopic (exact) mass is 314 g/mol. The van der Waals surface area contributed by atoms with E-state index >= 15 is 0 Å². The fourth-order valence-electron chi connectivity index (χ4n) is 1.91. The lowest BCUT2D eigenvalue weighted by molar-refractivity contribution is 0.0435. The number of ether oxygens (including phenoxy) is 1. The van der Waals surface area contributed by atoms with Crippen LogP contribution in [0, 0.1) is 0 Å². The Bertz CT molecular complexity index is 748. The Morgan fingerprint density at radius 1 is 1.27 bits per heavy atom. The van der Waals surface area contributed by atoms with Crippen molar-refractivity contribution in [3.63, 3.8) is 0 Å². The van der Waals surface area contributed by atoms with Gasteiger partial charge in [0.1, 0.15) is 4.88 Å². The summed E-state index contributed by atoms with van der Waals surface area (Å²) in [7, 11) is 0. The van der Waals surface area contributed by atoms with Crippen molar-refractivity contribution in [1.29, 1.82) is 0 Å². The van der Waals surface area contributed by atoms with Crippen LogP contribution in [-0.4, -0.2) is 16.1 Å². The highest BCUT2D eigenvalue weighted by molar-refractivity contribution is 7.11. The molecule has 2 heterocycles. The van der Waals surface area contributed by atoms with E-state index < -0.39 is 0 Å². The summed E-state index contributed by atoms with van der Waals surface area (Å²) in [6.07, 6.45) is 0.983. The van der Waals surface area contributed by atoms with Crippen LogP contribution in [0.1, 0.15) is 28.0 Å². The molecule has 0 aliphatic heterocycles. The lowest BCUT2D eigenvalue weighted by Gasteiger charge is -1.98. The molecular formula is C16H14N2O3S. The standard InChI is InChI=1S/C16H14N2O3S/c1-2-11-5-7-12(8-6-11)15-17-14(21-18-15)10-20-16(19)13-4-3-9-22-13/h3-9H,2,10H2,1H3. The van der Waals surface area contributed by atoms with Gasteiger partial charge in [0.25, 0.3) is 5.89 Å². The molecule has 22 heavy (non-hydrogen) atoms. The van der Waals surface area contributed by atoms with E-state index in [9.17, 15) is 4.79 Å². The first-order valence-electron chi connectivity index (χ1n) is 6.89. The summed E-state index contributed by atoms with van der Waals surface area (Å²) in [4.78, 5) is 16.5. The van der Waals surface area contributed by atoms with Crippen molar-refractivity contribution in [3.8, 4) is 11.4 Å². The van der Waals surface area contributed by atoms with Crippen LogP contribution in [-0.2, 0) is 17.8 Å². The van der Waals surface area contributed by atoms with E-state index in [-0.39, 0.29) is 18.5 Å². The zero-order valence-electron chi connectivity index (χ0n) is 12.0. The predicted octanol–water partition coefficient (Wildman–Crippen LogP) is 3.72. The Hall–Kier alpha value is -2.47. The number of aromatic nitrogens is 2. The molecule has 0 bridgehead atoms. The van der Waals surface area contributed by atoms with Gasteiger partial charge in [0.2, 0.25) is 5.82 Å². The summed E-state index contributed by atoms with van der Waals surface area (Å²) >= 11 is 1.33. The molecule has 3 rings (SSSR count). The second-order valence-corrected chi connectivity index (χ2v) is 5.56. The third-order valence-electron chi connectivity index (χ3n) is 3.14. The van der Waals surface area contributed by atoms with Crippen molar-refractivity contribution in [2.75, 3.05) is 0 Å². The van der Waals surface area contributed by atoms with Crippen molar-refractivity contribution < 1.29 is 14.1 Å². The molecule has 0 spiro atoms. The minimum absolute atomic E-state index is 0.0310. The molecule has 0 amide bonds. The number of esters is 1. The number of hydrogen-bond donors (Lipinski definition) is 0. The number of carbonyl (C=O) groups excluding carboxylic acids is 1. The van der Waals surface area contributed by atoms with Gasteiger partial charge in [-0.05, 0) is 23.4 Å². The number of carbonyl (C=O) groups is 1. The van der Waals surface area contributed by atoms with Gasteiger partial charge in [-0.1, -0.05) is 42.4 Å². The summed E-state index contributed by atoms with van der Waals surface area (Å²) in [6.45, 7) is 2.07. The van der Waals surface area contributed by atoms with Gasteiger partial charge in [-0.2, -0.15) is 4.98 Å². The minimum Gasteiger partial charge on any atom is -0.451 e. The van der Waals surface area contributed by atoms with Gasteiger partial charge in [0, 0.05) is 5.56 Å². The van der Waals surface area contributed by atoms with E-state index in [0.29, 0.717) is 10.7 Å². The van der Waals surface area contributed by atoms with Gasteiger partial charge in [-0.15, -0.1) is 11.3 Å². The molecule has 0 saturated heterocycles. The number of hydrogen-bond acceptors (Lipinski definition) is 6. The molecule has 0 aliphatic carbocycles. The van der Waals surface area contributed by atoms with Crippen LogP contribution in [0.2, 0.25) is 0 Å². The van der Waals surface area contributed by atoms with E-state index in [2.05, 4.69) is 17.1 Å². The van der Waals surface area contributed by atoms with Crippen LogP contribution in [0.15, 0.2) is 46.3 Å². The first-order valence-corrected chi connectivity index (χ1v) is 7.76. The van der Waals surface area contributed by atoms with Crippen LogP contribution in [0.25, 0.3) is 11.4 Å². The molecule has 1 aromatic carbocycles. The van der Waals surface area contributed by atoms with E-state index in [4.69, 9.17) is 9.26 Å². The molecule has 0 aliphatic rings. The molecule has 2 aromatic heterocycles. The Morgan fingerprint density at radius 3 is 2.77 bits per heavy atom. The van der Waals surface area contributed by atoms with Crippen molar-refractivity contribution >= 4 is 17.3 Å². The number of benzene rings is 1. The number of nitrogens with zero attached hydrogens (tertiary/aromatic N) is 2. The van der Waals surface area contributed by atoms with Crippen molar-refractivity contribution in [2.24, 2.45) is 0 Å². The summed E-state index contributed by atoms with van der Waals surface area (Å²) in [5.74, 6) is 0.381. The molecule has 0 saturated carbocycles. The molecule has 5 nitrogen and oxygen atoms in total. The minimum atomic E-state index is -0.387. The zero-order valence-corrected chi connectivity index (χ0v) is 12.8. The summed E-state index contributed by atoms with van der Waals surface area (Å²) in [6, 6.07) is 11.5. The topological polar surface area (TPSA) is 65.2 Å². The van der Waals surface area contributed by atoms with Crippen molar-refractivity contribution in [2.45, 2.75) is 20.0 Å². The third-order valence-corrected chi connectivity index (χ3v) is 3.99. The maximum atomic E-state index is 11.7. The van der Waals surface area contributed by atoms with E-state index in [1.54, 1.807) is 12.1 Å². The molecule has 3 aromatic rings. The van der Waals surface area contributed by atoms with Crippen LogP contribution in [0.3, 0.4) is 0 Å². The SMILES string of the molecule is CCc1ccc(-c2noc(COC(=O)c3cccs3)n2)cc1. The normalized spacial score (nSPS) is 10.6. The molecule has 112 valence electrons. The number of rotatable bonds is 5. The quantitative estimate of drug-likeness (QED) is 0.672. The zero-order chi connectivity index (χ0) is 15.4. The summed E-state index contributed by atoms with van der Waals surface area (Å²) in [5, 5.41) is 5.73. The predicted molar refractivity (Wildman–Crippen MR) is 82.6 cm³/mol. The van der Waals surface area contributed by atoms with Gasteiger partial charge in [0.15, 0.2) is 6.61 Å². The maximum absolute atomic E-state index is 11.7. The van der Waals surface area contributed by atoms with Gasteiger partial charge in [-0.3, -0.25) is 0 Å². The van der Waals surface area contributed by atoms with Crippen LogP contribution < -0.4 is 0 Å². The van der Waals surface area contributed by atoms with Gasteiger partial charge < -0.3 is 9.26 Å². The maximum Gasteiger partial charge on any atom is 0.348 e. The molecule has 0 unspecified atom stereocenters. The Labute approximate surface area is 131 Å². The fraction of sp³-hybridized carbons (Fsp3) is 0.188. The Balaban J connectivity index is 1.64. The smallest absolute Gasteiger partial charge is 0.348 e. The molecule has 6 heteroatoms. The van der Waals surface area contributed by atoms with Gasteiger partial charge in [-0.25, -0.2) is 4.79 Å². The second kappa shape index (κ2) is 6.53. The van der Waals surface area contributed by atoms with E-state index in [1.807, 2.05) is 29.6 Å². The van der Waals surface area contributed by atoms with Crippen LogP contribution in [0.5, 0.6) is 0 Å². The van der Waals surface area contributed by atoms with E-state index in [0.717, 1.165) is 12.0 Å². The lowest BCUT2D eigenvalue weighted by atomic mass is 10.1. The largest absolute Gasteiger partial charge is 0.451 e. The first kappa shape index (κ1) is 14.5. The highest BCUT2D eigenvalue weighted by atomic mass is 32.1. The van der Waals surface area contributed by atoms with Gasteiger partial charge in [0.05, 0.1) is 0 Å². The van der Waals surface area contributed by atoms with Gasteiger partial charge >= 0.3 is 5.97 Å². The molecule has 0 radical (unpaired) electrons. The fourth-order valence-corrected chi connectivity index (χ4v) is 2.53. The Kier molecular flexibility index (Phi) is 4.29.